The zero-order valence-corrected chi connectivity index (χ0v) is 27.8. The van der Waals surface area contributed by atoms with Crippen molar-refractivity contribution in [3.8, 4) is 5.75 Å². The van der Waals surface area contributed by atoms with E-state index >= 15 is 0 Å². The first-order valence-corrected chi connectivity index (χ1v) is 17.1. The summed E-state index contributed by atoms with van der Waals surface area (Å²) in [5, 5.41) is 2.97. The molecule has 0 spiro atoms. The number of hydrogen-bond acceptors (Lipinski definition) is 5. The zero-order chi connectivity index (χ0) is 33.1. The first-order chi connectivity index (χ1) is 22.1. The average Bonchev–Trinajstić information content (AvgIpc) is 3.06. The number of hydrogen-bond donors (Lipinski definition) is 1. The van der Waals surface area contributed by atoms with E-state index in [-0.39, 0.29) is 23.8 Å². The van der Waals surface area contributed by atoms with Gasteiger partial charge in [0.2, 0.25) is 11.8 Å². The van der Waals surface area contributed by atoms with Gasteiger partial charge in [-0.1, -0.05) is 79.2 Å². The molecular weight excluding hydrogens is 598 g/mol. The maximum atomic E-state index is 14.6. The minimum absolute atomic E-state index is 0.0244. The van der Waals surface area contributed by atoms with Gasteiger partial charge in [0.1, 0.15) is 18.3 Å². The molecule has 0 saturated carbocycles. The second kappa shape index (κ2) is 16.1. The van der Waals surface area contributed by atoms with Crippen molar-refractivity contribution >= 4 is 27.5 Å². The summed E-state index contributed by atoms with van der Waals surface area (Å²) in [7, 11) is -4.20. The van der Waals surface area contributed by atoms with E-state index in [0.29, 0.717) is 24.6 Å². The number of sulfonamides is 1. The predicted octanol–water partition coefficient (Wildman–Crippen LogP) is 6.06. The number of aryl methyl sites for hydroxylation is 2. The lowest BCUT2D eigenvalue weighted by Crippen LogP contribution is -2.53. The summed E-state index contributed by atoms with van der Waals surface area (Å²) in [6.45, 7) is 8.22. The summed E-state index contributed by atoms with van der Waals surface area (Å²) >= 11 is 0. The van der Waals surface area contributed by atoms with Gasteiger partial charge in [0, 0.05) is 19.5 Å². The Kier molecular flexibility index (Phi) is 12.0. The minimum atomic E-state index is -4.20. The number of nitrogens with one attached hydrogen (secondary N) is 1. The van der Waals surface area contributed by atoms with E-state index in [1.54, 1.807) is 24.3 Å². The van der Waals surface area contributed by atoms with Crippen molar-refractivity contribution in [1.82, 2.24) is 10.2 Å². The second-order valence-corrected chi connectivity index (χ2v) is 13.1. The summed E-state index contributed by atoms with van der Waals surface area (Å²) in [5.74, 6) is -0.236. The molecule has 8 nitrogen and oxygen atoms in total. The lowest BCUT2D eigenvalue weighted by molar-refractivity contribution is -0.140. The largest absolute Gasteiger partial charge is 0.494 e. The molecule has 0 radical (unpaired) electrons. The molecule has 1 atom stereocenters. The van der Waals surface area contributed by atoms with Gasteiger partial charge in [-0.3, -0.25) is 13.9 Å². The van der Waals surface area contributed by atoms with Crippen LogP contribution in [0.1, 0.15) is 42.5 Å². The Morgan fingerprint density at radius 2 is 1.48 bits per heavy atom. The van der Waals surface area contributed by atoms with Crippen LogP contribution in [-0.4, -0.2) is 50.9 Å². The summed E-state index contributed by atoms with van der Waals surface area (Å²) in [5.41, 5.74) is 4.02. The topological polar surface area (TPSA) is 96.0 Å². The first-order valence-electron chi connectivity index (χ1n) is 15.6. The molecule has 0 aliphatic heterocycles. The average molecular weight is 642 g/mol. The quantitative estimate of drug-likeness (QED) is 0.170. The normalized spacial score (nSPS) is 11.8. The molecule has 4 aromatic rings. The summed E-state index contributed by atoms with van der Waals surface area (Å²) in [4.78, 5) is 29.9. The van der Waals surface area contributed by atoms with Crippen LogP contribution in [0, 0.1) is 13.8 Å². The first kappa shape index (κ1) is 34.2. The lowest BCUT2D eigenvalue weighted by Gasteiger charge is -2.34. The summed E-state index contributed by atoms with van der Waals surface area (Å²) in [6, 6.07) is 29.5. The predicted molar refractivity (Wildman–Crippen MR) is 182 cm³/mol. The molecule has 0 aliphatic rings. The van der Waals surface area contributed by atoms with Crippen molar-refractivity contribution in [3.63, 3.8) is 0 Å². The number of benzene rings is 4. The Bertz CT molecular complexity index is 1690. The van der Waals surface area contributed by atoms with Gasteiger partial charge in [-0.15, -0.1) is 0 Å². The van der Waals surface area contributed by atoms with Crippen molar-refractivity contribution in [2.24, 2.45) is 0 Å². The van der Waals surface area contributed by atoms with E-state index < -0.39 is 28.5 Å². The fourth-order valence-corrected chi connectivity index (χ4v) is 6.55. The van der Waals surface area contributed by atoms with Gasteiger partial charge in [-0.2, -0.15) is 0 Å². The molecule has 0 aromatic heterocycles. The molecule has 46 heavy (non-hydrogen) atoms. The van der Waals surface area contributed by atoms with Crippen LogP contribution in [0.5, 0.6) is 5.75 Å². The highest BCUT2D eigenvalue weighted by atomic mass is 32.2. The zero-order valence-electron chi connectivity index (χ0n) is 27.0. The van der Waals surface area contributed by atoms with Crippen LogP contribution in [0.2, 0.25) is 0 Å². The van der Waals surface area contributed by atoms with Crippen LogP contribution in [0.15, 0.2) is 108 Å². The van der Waals surface area contributed by atoms with Gasteiger partial charge < -0.3 is 15.0 Å². The van der Waals surface area contributed by atoms with Crippen molar-refractivity contribution in [2.45, 2.75) is 58.0 Å². The fourth-order valence-electron chi connectivity index (χ4n) is 5.13. The van der Waals surface area contributed by atoms with Gasteiger partial charge >= 0.3 is 0 Å². The third kappa shape index (κ3) is 8.75. The van der Waals surface area contributed by atoms with Gasteiger partial charge in [0.15, 0.2) is 0 Å². The van der Waals surface area contributed by atoms with Crippen molar-refractivity contribution in [3.05, 3.63) is 125 Å². The van der Waals surface area contributed by atoms with E-state index in [2.05, 4.69) is 5.32 Å². The third-order valence-corrected chi connectivity index (χ3v) is 9.53. The van der Waals surface area contributed by atoms with Gasteiger partial charge in [0.25, 0.3) is 10.0 Å². The molecule has 2 amide bonds. The molecule has 0 aliphatic carbocycles. The number of ether oxygens (including phenoxy) is 1. The number of anilines is 1. The van der Waals surface area contributed by atoms with E-state index in [1.165, 1.54) is 17.0 Å². The van der Waals surface area contributed by atoms with Crippen molar-refractivity contribution in [2.75, 3.05) is 24.0 Å². The summed E-state index contributed by atoms with van der Waals surface area (Å²) in [6.07, 6.45) is 1.00. The Morgan fingerprint density at radius 3 is 2.11 bits per heavy atom. The number of carbonyl (C=O) groups excluding carboxylic acids is 2. The maximum Gasteiger partial charge on any atom is 0.264 e. The van der Waals surface area contributed by atoms with Crippen LogP contribution >= 0.6 is 0 Å². The molecule has 242 valence electrons. The molecular formula is C37H43N3O5S. The molecule has 0 fully saturated rings. The Labute approximate surface area is 273 Å². The van der Waals surface area contributed by atoms with E-state index in [4.69, 9.17) is 4.74 Å². The molecule has 4 rings (SSSR count). The number of carbonyl (C=O) groups is 2. The number of nitrogens with zero attached hydrogens (tertiary/aromatic N) is 2. The van der Waals surface area contributed by atoms with Gasteiger partial charge in [0.05, 0.1) is 17.2 Å². The van der Waals surface area contributed by atoms with E-state index in [0.717, 1.165) is 33.0 Å². The Morgan fingerprint density at radius 1 is 0.826 bits per heavy atom. The number of rotatable bonds is 15. The van der Waals surface area contributed by atoms with Crippen LogP contribution in [0.3, 0.4) is 0 Å². The van der Waals surface area contributed by atoms with Gasteiger partial charge in [-0.25, -0.2) is 8.42 Å². The Balaban J connectivity index is 1.79. The van der Waals surface area contributed by atoms with E-state index in [9.17, 15) is 18.0 Å². The van der Waals surface area contributed by atoms with Gasteiger partial charge in [-0.05, 0) is 80.3 Å². The van der Waals surface area contributed by atoms with Crippen LogP contribution in [0.4, 0.5) is 5.69 Å². The SMILES string of the molecule is CCCNC(=O)C(Cc1ccccc1)N(Cc1ccccc1C)C(=O)CN(c1ccc(C)cc1)S(=O)(=O)c1ccc(OCC)cc1. The molecule has 9 heteroatoms. The fraction of sp³-hybridized carbons (Fsp3) is 0.297. The van der Waals surface area contributed by atoms with Crippen LogP contribution in [-0.2, 0) is 32.6 Å². The van der Waals surface area contributed by atoms with E-state index in [1.807, 2.05) is 94.4 Å². The molecule has 0 saturated heterocycles. The molecule has 0 heterocycles. The van der Waals surface area contributed by atoms with Crippen molar-refractivity contribution < 1.29 is 22.7 Å². The Hall–Kier alpha value is -4.63. The monoisotopic (exact) mass is 641 g/mol. The highest BCUT2D eigenvalue weighted by molar-refractivity contribution is 7.92. The highest BCUT2D eigenvalue weighted by Gasteiger charge is 2.34. The third-order valence-electron chi connectivity index (χ3n) is 7.75. The molecule has 1 N–H and O–H groups in total. The summed E-state index contributed by atoms with van der Waals surface area (Å²) < 4.78 is 35.1. The minimum Gasteiger partial charge on any atom is -0.494 e. The molecule has 0 bridgehead atoms. The molecule has 4 aromatic carbocycles. The van der Waals surface area contributed by atoms with Crippen LogP contribution < -0.4 is 14.4 Å². The standard InChI is InChI=1S/C37H43N3O5S/c1-5-24-38-37(42)35(25-30-13-8-7-9-14-30)39(26-31-15-11-10-12-29(31)4)36(41)27-40(32-18-16-28(3)17-19-32)46(43,44)34-22-20-33(21-23-34)45-6-2/h7-23,35H,5-6,24-27H2,1-4H3,(H,38,42). The second-order valence-electron chi connectivity index (χ2n) is 11.2. The van der Waals surface area contributed by atoms with Crippen molar-refractivity contribution in [1.29, 1.82) is 0 Å². The molecule has 1 unspecified atom stereocenters. The highest BCUT2D eigenvalue weighted by Crippen LogP contribution is 2.27. The maximum absolute atomic E-state index is 14.6. The lowest BCUT2D eigenvalue weighted by atomic mass is 10.0. The van der Waals surface area contributed by atoms with Crippen LogP contribution in [0.25, 0.3) is 0 Å². The smallest absolute Gasteiger partial charge is 0.264 e. The number of amides is 2.